The number of rotatable bonds is 4. The van der Waals surface area contributed by atoms with Crippen molar-refractivity contribution in [1.29, 1.82) is 0 Å². The minimum atomic E-state index is -1.04. The molecule has 0 bridgehead atoms. The molecule has 0 amide bonds. The number of nitrogens with zero attached hydrogens (tertiary/aromatic N) is 4. The molecule has 2 saturated heterocycles. The first-order chi connectivity index (χ1) is 17.0. The predicted molar refractivity (Wildman–Crippen MR) is 130 cm³/mol. The number of nitrogens with one attached hydrogen (secondary N) is 1. The zero-order valence-electron chi connectivity index (χ0n) is 20.0. The van der Waals surface area contributed by atoms with Crippen LogP contribution in [-0.4, -0.2) is 57.0 Å². The minimum Gasteiger partial charge on any atom is -0.414 e. The fourth-order valence-corrected chi connectivity index (χ4v) is 5.49. The summed E-state index contributed by atoms with van der Waals surface area (Å²) in [4.78, 5) is 34.5. The maximum absolute atomic E-state index is 12.0. The van der Waals surface area contributed by atoms with E-state index in [4.69, 9.17) is 18.7 Å². The van der Waals surface area contributed by atoms with Gasteiger partial charge in [0.15, 0.2) is 17.0 Å². The topological polar surface area (TPSA) is 119 Å². The number of H-pyrrole nitrogens is 1. The smallest absolute Gasteiger partial charge is 0.414 e. The molecule has 4 aromatic rings. The van der Waals surface area contributed by atoms with Crippen LogP contribution in [0.4, 0.5) is 0 Å². The van der Waals surface area contributed by atoms with Crippen molar-refractivity contribution < 1.29 is 13.6 Å². The lowest BCUT2D eigenvalue weighted by Crippen LogP contribution is -2.43. The molecule has 3 aromatic heterocycles. The highest BCUT2D eigenvalue weighted by Crippen LogP contribution is 2.35. The maximum Gasteiger partial charge on any atom is 0.423 e. The summed E-state index contributed by atoms with van der Waals surface area (Å²) in [5.74, 6) is 1.01. The summed E-state index contributed by atoms with van der Waals surface area (Å²) >= 11 is 0. The van der Waals surface area contributed by atoms with Gasteiger partial charge in [0.25, 0.3) is 0 Å². The van der Waals surface area contributed by atoms with Crippen LogP contribution < -0.4 is 11.3 Å². The second-order valence-corrected chi connectivity index (χ2v) is 9.79. The zero-order valence-corrected chi connectivity index (χ0v) is 20.0. The van der Waals surface area contributed by atoms with Crippen LogP contribution in [0.25, 0.3) is 33.6 Å². The predicted octanol–water partition coefficient (Wildman–Crippen LogP) is 3.43. The van der Waals surface area contributed by atoms with E-state index in [-0.39, 0.29) is 17.2 Å². The number of likely N-dealkylation sites (tertiary alicyclic amines) is 1. The van der Waals surface area contributed by atoms with Crippen molar-refractivity contribution in [2.24, 2.45) is 0 Å². The Morgan fingerprint density at radius 1 is 1.03 bits per heavy atom. The van der Waals surface area contributed by atoms with E-state index in [0.29, 0.717) is 28.9 Å². The molecule has 0 spiro atoms. The Labute approximate surface area is 200 Å². The number of aromatic nitrogens is 4. The van der Waals surface area contributed by atoms with Crippen LogP contribution in [0.15, 0.2) is 36.8 Å². The summed E-state index contributed by atoms with van der Waals surface area (Å²) in [6.07, 6.45) is 6.28. The maximum atomic E-state index is 12.0. The van der Waals surface area contributed by atoms with Crippen molar-refractivity contribution in [3.63, 3.8) is 0 Å². The molecule has 0 saturated carbocycles. The highest BCUT2D eigenvalue weighted by Gasteiger charge is 2.29. The molecule has 1 N–H and O–H groups in total. The number of hydrogen-bond donors (Lipinski definition) is 1. The Kier molecular flexibility index (Phi) is 5.57. The molecule has 2 aliphatic rings. The third-order valence-corrected chi connectivity index (χ3v) is 7.34. The Bertz CT molecular complexity index is 1480. The molecule has 1 aromatic carbocycles. The van der Waals surface area contributed by atoms with Crippen molar-refractivity contribution >= 4 is 22.1 Å². The third-order valence-electron chi connectivity index (χ3n) is 7.34. The van der Waals surface area contributed by atoms with E-state index >= 15 is 0 Å². The van der Waals surface area contributed by atoms with E-state index in [1.54, 1.807) is 6.07 Å². The van der Waals surface area contributed by atoms with Gasteiger partial charge < -0.3 is 23.5 Å². The quantitative estimate of drug-likeness (QED) is 0.442. The number of benzene rings is 1. The number of hydrogen-bond acceptors (Lipinski definition) is 8. The van der Waals surface area contributed by atoms with Gasteiger partial charge in [-0.05, 0) is 64.8 Å². The molecular formula is C25H29N5O5. The molecule has 2 aliphatic heterocycles. The summed E-state index contributed by atoms with van der Waals surface area (Å²) in [7, 11) is 0. The fourth-order valence-electron chi connectivity index (χ4n) is 5.49. The lowest BCUT2D eigenvalue weighted by molar-refractivity contribution is 0.0250. The van der Waals surface area contributed by atoms with Gasteiger partial charge in [-0.25, -0.2) is 14.6 Å². The molecule has 2 fully saturated rings. The first-order valence-corrected chi connectivity index (χ1v) is 12.4. The highest BCUT2D eigenvalue weighted by molar-refractivity contribution is 6.07. The minimum absolute atomic E-state index is 0.0649. The molecule has 184 valence electrons. The van der Waals surface area contributed by atoms with E-state index in [9.17, 15) is 9.59 Å². The monoisotopic (exact) mass is 479 g/mol. The van der Waals surface area contributed by atoms with Gasteiger partial charge in [-0.3, -0.25) is 4.68 Å². The molecule has 0 atom stereocenters. The van der Waals surface area contributed by atoms with Crippen LogP contribution in [0.1, 0.15) is 57.2 Å². The van der Waals surface area contributed by atoms with Gasteiger partial charge >= 0.3 is 11.3 Å². The summed E-state index contributed by atoms with van der Waals surface area (Å²) < 4.78 is 17.9. The average Bonchev–Trinajstić information content (AvgIpc) is 3.51. The Morgan fingerprint density at radius 3 is 2.51 bits per heavy atom. The van der Waals surface area contributed by atoms with Gasteiger partial charge in [-0.2, -0.15) is 5.10 Å². The van der Waals surface area contributed by atoms with E-state index in [2.05, 4.69) is 14.9 Å². The average molecular weight is 480 g/mol. The summed E-state index contributed by atoms with van der Waals surface area (Å²) in [5, 5.41) is 5.42. The van der Waals surface area contributed by atoms with E-state index in [0.717, 1.165) is 63.2 Å². The first-order valence-electron chi connectivity index (χ1n) is 12.4. The zero-order chi connectivity index (χ0) is 24.1. The lowest BCUT2D eigenvalue weighted by atomic mass is 9.92. The standard InChI is InChI=1S/C25H29N5O5/c1-14(2)30-18-3-4-19-22(35-25(32)24(31)34-19)20(18)21(28-30)23-26-13-17(27-23)15-5-9-29(10-6-15)16-7-11-33-12-8-16/h3-4,13-16H,5-12H2,1-2H3,(H,26,27). The number of imidazole rings is 1. The Balaban J connectivity index is 1.35. The molecule has 6 rings (SSSR count). The van der Waals surface area contributed by atoms with Crippen molar-refractivity contribution in [1.82, 2.24) is 24.6 Å². The van der Waals surface area contributed by atoms with Crippen molar-refractivity contribution in [2.45, 2.75) is 57.5 Å². The molecule has 0 aliphatic carbocycles. The van der Waals surface area contributed by atoms with Crippen LogP contribution in [-0.2, 0) is 4.74 Å². The number of aromatic amines is 1. The molecule has 35 heavy (non-hydrogen) atoms. The molecule has 0 radical (unpaired) electrons. The van der Waals surface area contributed by atoms with E-state index < -0.39 is 11.3 Å². The van der Waals surface area contributed by atoms with E-state index in [1.165, 1.54) is 0 Å². The molecule has 0 unspecified atom stereocenters. The number of piperidine rings is 1. The molecule has 10 heteroatoms. The fraction of sp³-hybridized carbons (Fsp3) is 0.520. The molecule has 5 heterocycles. The number of fused-ring (bicyclic) bond motifs is 3. The van der Waals surface area contributed by atoms with Crippen LogP contribution in [0, 0.1) is 0 Å². The molecule has 10 nitrogen and oxygen atoms in total. The van der Waals surface area contributed by atoms with Gasteiger partial charge in [0.05, 0.1) is 10.9 Å². The SMILES string of the molecule is CC(C)n1nc(-c2ncc(C3CCN(C4CCOCC4)CC3)[nH]2)c2c3oc(=O)c(=O)oc3ccc21. The number of ether oxygens (including phenoxy) is 1. The second kappa shape index (κ2) is 8.76. The van der Waals surface area contributed by atoms with Gasteiger partial charge in [0.1, 0.15) is 5.69 Å². The van der Waals surface area contributed by atoms with E-state index in [1.807, 2.05) is 30.8 Å². The first kappa shape index (κ1) is 22.2. The highest BCUT2D eigenvalue weighted by atomic mass is 16.5. The van der Waals surface area contributed by atoms with Crippen LogP contribution in [0.2, 0.25) is 0 Å². The van der Waals surface area contributed by atoms with Gasteiger partial charge in [-0.1, -0.05) is 0 Å². The van der Waals surface area contributed by atoms with Gasteiger partial charge in [0, 0.05) is 43.1 Å². The van der Waals surface area contributed by atoms with Crippen molar-refractivity contribution in [3.05, 3.63) is 44.9 Å². The normalized spacial score (nSPS) is 18.8. The third kappa shape index (κ3) is 3.90. The second-order valence-electron chi connectivity index (χ2n) is 9.79. The van der Waals surface area contributed by atoms with Crippen molar-refractivity contribution in [2.75, 3.05) is 26.3 Å². The molecular weight excluding hydrogens is 450 g/mol. The van der Waals surface area contributed by atoms with Gasteiger partial charge in [-0.15, -0.1) is 0 Å². The summed E-state index contributed by atoms with van der Waals surface area (Å²) in [6, 6.07) is 4.16. The summed E-state index contributed by atoms with van der Waals surface area (Å²) in [6.45, 7) is 7.93. The lowest BCUT2D eigenvalue weighted by Gasteiger charge is -2.39. The summed E-state index contributed by atoms with van der Waals surface area (Å²) in [5.41, 5.74) is 0.791. The Hall–Kier alpha value is -3.24. The van der Waals surface area contributed by atoms with Crippen LogP contribution in [0.3, 0.4) is 0 Å². The van der Waals surface area contributed by atoms with Crippen molar-refractivity contribution in [3.8, 4) is 11.5 Å². The largest absolute Gasteiger partial charge is 0.423 e. The Morgan fingerprint density at radius 2 is 1.77 bits per heavy atom. The van der Waals surface area contributed by atoms with Crippen LogP contribution in [0.5, 0.6) is 0 Å². The van der Waals surface area contributed by atoms with Gasteiger partial charge in [0.2, 0.25) is 0 Å². The van der Waals surface area contributed by atoms with Crippen LogP contribution >= 0.6 is 0 Å².